The molecule has 0 amide bonds. The molecule has 0 aromatic rings. The molecule has 0 aliphatic rings. The van der Waals surface area contributed by atoms with Gasteiger partial charge in [-0.15, -0.1) is 0 Å². The molecule has 0 fully saturated rings. The number of nitrogens with one attached hydrogen (secondary N) is 1. The summed E-state index contributed by atoms with van der Waals surface area (Å²) in [6.07, 6.45) is 3.34. The second-order valence-corrected chi connectivity index (χ2v) is 12.4. The van der Waals surface area contributed by atoms with Gasteiger partial charge in [0.15, 0.2) is 0 Å². The molecule has 0 rings (SSSR count). The predicted octanol–water partition coefficient (Wildman–Crippen LogP) is 1.25. The molecule has 0 aromatic heterocycles. The maximum atomic E-state index is 11.4. The molecule has 9 heteroatoms. The molecule has 0 aliphatic heterocycles. The Morgan fingerprint density at radius 3 is 2.00 bits per heavy atom. The van der Waals surface area contributed by atoms with E-state index in [4.69, 9.17) is 0 Å². The molecule has 1 N–H and O–H groups in total. The van der Waals surface area contributed by atoms with E-state index in [-0.39, 0.29) is 5.88 Å². The Labute approximate surface area is 117 Å². The van der Waals surface area contributed by atoms with Crippen molar-refractivity contribution in [3.05, 3.63) is 12.2 Å². The van der Waals surface area contributed by atoms with Crippen molar-refractivity contribution in [1.29, 1.82) is 0 Å². The van der Waals surface area contributed by atoms with Crippen molar-refractivity contribution in [2.45, 2.75) is 19.1 Å². The molecule has 0 aromatic carbocycles. The van der Waals surface area contributed by atoms with E-state index in [0.29, 0.717) is 11.5 Å². The molecule has 0 saturated carbocycles. The summed E-state index contributed by atoms with van der Waals surface area (Å²) >= 11 is 0. The summed E-state index contributed by atoms with van der Waals surface area (Å²) in [4.78, 5) is 0. The van der Waals surface area contributed by atoms with Crippen molar-refractivity contribution in [3.63, 3.8) is 0 Å². The first-order valence-corrected chi connectivity index (χ1v) is 11.5. The van der Waals surface area contributed by atoms with Gasteiger partial charge < -0.3 is 5.32 Å². The van der Waals surface area contributed by atoms with Gasteiger partial charge in [-0.25, -0.2) is 16.8 Å². The van der Waals surface area contributed by atoms with E-state index in [1.165, 1.54) is 0 Å². The molecule has 5 nitrogen and oxygen atoms in total. The van der Waals surface area contributed by atoms with Crippen molar-refractivity contribution < 1.29 is 16.8 Å². The topological polar surface area (TPSA) is 80.3 Å². The van der Waals surface area contributed by atoms with Crippen molar-refractivity contribution >= 4 is 39.3 Å². The van der Waals surface area contributed by atoms with Crippen LogP contribution in [-0.4, -0.2) is 46.5 Å². The highest BCUT2D eigenvalue weighted by Gasteiger charge is 2.15. The maximum Gasteiger partial charge on any atom is 0.214 e. The predicted molar refractivity (Wildman–Crippen MR) is 81.0 cm³/mol. The van der Waals surface area contributed by atoms with Crippen LogP contribution < -0.4 is 5.32 Å². The Bertz CT molecular complexity index is 453. The third kappa shape index (κ3) is 8.41. The minimum absolute atomic E-state index is 0.0675. The van der Waals surface area contributed by atoms with E-state index in [0.717, 1.165) is 21.6 Å². The standard InChI is InChI=1S/C9H19NO4S4/c1-9(2)18(13,14)16-7-5-4-6-15-17(11,12)8-10-3/h4-5,9-10H,6-8H2,1-3H3/b5-4-. The van der Waals surface area contributed by atoms with Gasteiger partial charge in [-0.05, 0) is 42.5 Å². The van der Waals surface area contributed by atoms with Crippen LogP contribution in [-0.2, 0) is 17.7 Å². The van der Waals surface area contributed by atoms with Crippen LogP contribution in [0.2, 0.25) is 0 Å². The van der Waals surface area contributed by atoms with Gasteiger partial charge in [0.05, 0.1) is 5.25 Å². The van der Waals surface area contributed by atoms with Crippen LogP contribution in [0.4, 0.5) is 0 Å². The third-order valence-electron chi connectivity index (χ3n) is 1.74. The molecule has 0 bridgehead atoms. The summed E-state index contributed by atoms with van der Waals surface area (Å²) in [5.74, 6) is 0.599. The molecule has 0 aliphatic carbocycles. The van der Waals surface area contributed by atoms with E-state index in [9.17, 15) is 16.8 Å². The first-order chi connectivity index (χ1) is 8.21. The van der Waals surface area contributed by atoms with E-state index in [1.807, 2.05) is 0 Å². The van der Waals surface area contributed by atoms with Crippen molar-refractivity contribution in [3.8, 4) is 0 Å². The Kier molecular flexibility index (Phi) is 8.61. The van der Waals surface area contributed by atoms with Gasteiger partial charge in [0.2, 0.25) is 17.7 Å². The molecule has 0 heterocycles. The van der Waals surface area contributed by atoms with E-state index >= 15 is 0 Å². The monoisotopic (exact) mass is 333 g/mol. The fourth-order valence-electron chi connectivity index (χ4n) is 0.768. The zero-order valence-electron chi connectivity index (χ0n) is 10.6. The summed E-state index contributed by atoms with van der Waals surface area (Å²) in [5, 5.41) is 2.17. The molecule has 0 saturated heterocycles. The molecule has 0 atom stereocenters. The molecular formula is C9H19NO4S4. The molecular weight excluding hydrogens is 314 g/mol. The average molecular weight is 334 g/mol. The lowest BCUT2D eigenvalue weighted by atomic mass is 10.6. The van der Waals surface area contributed by atoms with Gasteiger partial charge in [0, 0.05) is 11.5 Å². The van der Waals surface area contributed by atoms with Crippen molar-refractivity contribution in [2.75, 3.05) is 24.4 Å². The minimum atomic E-state index is -3.13. The molecule has 0 spiro atoms. The van der Waals surface area contributed by atoms with Crippen LogP contribution in [0.15, 0.2) is 12.2 Å². The first kappa shape index (κ1) is 18.3. The quantitative estimate of drug-likeness (QED) is 0.502. The van der Waals surface area contributed by atoms with Crippen LogP contribution in [0, 0.1) is 0 Å². The summed E-state index contributed by atoms with van der Waals surface area (Å²) in [6.45, 7) is 3.26. The average Bonchev–Trinajstić information content (AvgIpc) is 2.22. The zero-order valence-corrected chi connectivity index (χ0v) is 13.9. The fraction of sp³-hybridized carbons (Fsp3) is 0.778. The number of rotatable bonds is 9. The Balaban J connectivity index is 3.95. The highest BCUT2D eigenvalue weighted by atomic mass is 33.1. The van der Waals surface area contributed by atoms with Crippen molar-refractivity contribution in [2.24, 2.45) is 0 Å². The number of hydrogen-bond donors (Lipinski definition) is 1. The Morgan fingerprint density at radius 1 is 1.06 bits per heavy atom. The van der Waals surface area contributed by atoms with Crippen LogP contribution in [0.3, 0.4) is 0 Å². The van der Waals surface area contributed by atoms with Gasteiger partial charge in [-0.3, -0.25) is 0 Å². The largest absolute Gasteiger partial charge is 0.306 e. The Hall–Kier alpha value is 0.300. The van der Waals surface area contributed by atoms with E-state index < -0.39 is 23.0 Å². The molecule has 18 heavy (non-hydrogen) atoms. The molecule has 0 radical (unpaired) electrons. The summed E-state index contributed by atoms with van der Waals surface area (Å²) in [5.41, 5.74) is 0. The minimum Gasteiger partial charge on any atom is -0.306 e. The number of hydrogen-bond acceptors (Lipinski definition) is 7. The lowest BCUT2D eigenvalue weighted by molar-refractivity contribution is 0.602. The summed E-state index contributed by atoms with van der Waals surface area (Å²) < 4.78 is 45.4. The second kappa shape index (κ2) is 8.47. The fourth-order valence-corrected chi connectivity index (χ4v) is 5.39. The normalized spacial score (nSPS) is 13.6. The summed E-state index contributed by atoms with van der Waals surface area (Å²) in [6, 6.07) is 0. The van der Waals surface area contributed by atoms with Crippen LogP contribution in [0.5, 0.6) is 0 Å². The third-order valence-corrected chi connectivity index (χ3v) is 9.27. The van der Waals surface area contributed by atoms with E-state index in [2.05, 4.69) is 5.32 Å². The van der Waals surface area contributed by atoms with Gasteiger partial charge in [-0.1, -0.05) is 12.2 Å². The van der Waals surface area contributed by atoms with Gasteiger partial charge in [0.25, 0.3) is 0 Å². The van der Waals surface area contributed by atoms with Gasteiger partial charge >= 0.3 is 0 Å². The SMILES string of the molecule is CNCS(=O)(=O)SC/C=C\CSS(=O)(=O)C(C)C. The lowest BCUT2D eigenvalue weighted by Crippen LogP contribution is -2.16. The van der Waals surface area contributed by atoms with E-state index in [1.54, 1.807) is 33.0 Å². The van der Waals surface area contributed by atoms with Crippen LogP contribution in [0.25, 0.3) is 0 Å². The van der Waals surface area contributed by atoms with Crippen LogP contribution >= 0.6 is 21.6 Å². The smallest absolute Gasteiger partial charge is 0.214 e. The molecule has 108 valence electrons. The zero-order chi connectivity index (χ0) is 14.2. The van der Waals surface area contributed by atoms with Crippen LogP contribution in [0.1, 0.15) is 13.8 Å². The first-order valence-electron chi connectivity index (χ1n) is 5.26. The van der Waals surface area contributed by atoms with Gasteiger partial charge in [-0.2, -0.15) is 0 Å². The lowest BCUT2D eigenvalue weighted by Gasteiger charge is -2.04. The molecule has 0 unspecified atom stereocenters. The highest BCUT2D eigenvalue weighted by Crippen LogP contribution is 2.18. The summed E-state index contributed by atoms with van der Waals surface area (Å²) in [7, 11) is -2.95. The second-order valence-electron chi connectivity index (χ2n) is 3.64. The highest BCUT2D eigenvalue weighted by molar-refractivity contribution is 8.72. The maximum absolute atomic E-state index is 11.4. The van der Waals surface area contributed by atoms with Crippen molar-refractivity contribution in [1.82, 2.24) is 5.32 Å². The van der Waals surface area contributed by atoms with Gasteiger partial charge in [0.1, 0.15) is 5.88 Å². The Morgan fingerprint density at radius 2 is 1.56 bits per heavy atom.